The van der Waals surface area contributed by atoms with Crippen molar-refractivity contribution in [2.75, 3.05) is 19.8 Å². The van der Waals surface area contributed by atoms with E-state index >= 15 is 0 Å². The van der Waals surface area contributed by atoms with Crippen LogP contribution < -0.4 is 0 Å². The summed E-state index contributed by atoms with van der Waals surface area (Å²) in [6, 6.07) is 10.3. The second-order valence-electron chi connectivity index (χ2n) is 7.16. The fourth-order valence-electron chi connectivity index (χ4n) is 4.14. The van der Waals surface area contributed by atoms with Crippen molar-refractivity contribution in [2.24, 2.45) is 5.92 Å². The van der Waals surface area contributed by atoms with Crippen LogP contribution in [-0.4, -0.2) is 46.9 Å². The van der Waals surface area contributed by atoms with E-state index in [2.05, 4.69) is 4.90 Å². The van der Waals surface area contributed by atoms with E-state index in [1.54, 1.807) is 0 Å². The average molecular weight is 342 g/mol. The van der Waals surface area contributed by atoms with Gasteiger partial charge in [-0.2, -0.15) is 0 Å². The smallest absolute Gasteiger partial charge is 0.226 e. The standard InChI is InChI=1S/C20H26N2O3/c1-14-17(21-20(25-14)15-6-3-2-4-7-15)12-22-10-11-24-13-18(22)16-8-5-9-19(16)23/h2-4,6-7,16,18-19,23H,5,8-13H2,1H3. The molecule has 0 bridgehead atoms. The molecule has 134 valence electrons. The van der Waals surface area contributed by atoms with Crippen LogP contribution in [0.5, 0.6) is 0 Å². The summed E-state index contributed by atoms with van der Waals surface area (Å²) in [6.45, 7) is 5.04. The lowest BCUT2D eigenvalue weighted by atomic mass is 9.94. The van der Waals surface area contributed by atoms with Gasteiger partial charge in [-0.1, -0.05) is 24.6 Å². The van der Waals surface area contributed by atoms with Crippen LogP contribution in [0.4, 0.5) is 0 Å². The summed E-state index contributed by atoms with van der Waals surface area (Å²) in [5, 5.41) is 10.3. The van der Waals surface area contributed by atoms with Crippen molar-refractivity contribution in [1.29, 1.82) is 0 Å². The van der Waals surface area contributed by atoms with Gasteiger partial charge in [-0.15, -0.1) is 0 Å². The molecule has 3 unspecified atom stereocenters. The third kappa shape index (κ3) is 3.50. The second kappa shape index (κ2) is 7.28. The largest absolute Gasteiger partial charge is 0.441 e. The van der Waals surface area contributed by atoms with Crippen LogP contribution in [-0.2, 0) is 11.3 Å². The minimum absolute atomic E-state index is 0.201. The summed E-state index contributed by atoms with van der Waals surface area (Å²) in [4.78, 5) is 7.16. The van der Waals surface area contributed by atoms with Crippen molar-refractivity contribution in [1.82, 2.24) is 9.88 Å². The number of rotatable bonds is 4. The molecular formula is C20H26N2O3. The van der Waals surface area contributed by atoms with E-state index in [0.717, 1.165) is 56.0 Å². The first-order valence-corrected chi connectivity index (χ1v) is 9.24. The maximum Gasteiger partial charge on any atom is 0.226 e. The average Bonchev–Trinajstić information content (AvgIpc) is 3.22. The normalized spacial score (nSPS) is 27.7. The van der Waals surface area contributed by atoms with E-state index in [9.17, 15) is 5.11 Å². The van der Waals surface area contributed by atoms with Crippen LogP contribution >= 0.6 is 0 Å². The van der Waals surface area contributed by atoms with Crippen LogP contribution in [0.3, 0.4) is 0 Å². The molecule has 2 aromatic rings. The molecule has 2 heterocycles. The predicted molar refractivity (Wildman–Crippen MR) is 95.0 cm³/mol. The van der Waals surface area contributed by atoms with Crippen LogP contribution in [0, 0.1) is 12.8 Å². The number of nitrogens with zero attached hydrogens (tertiary/aromatic N) is 2. The molecular weight excluding hydrogens is 316 g/mol. The van der Waals surface area contributed by atoms with Gasteiger partial charge in [0.1, 0.15) is 5.76 Å². The van der Waals surface area contributed by atoms with E-state index in [1.165, 1.54) is 0 Å². The Morgan fingerprint density at radius 3 is 2.84 bits per heavy atom. The molecule has 2 fully saturated rings. The lowest BCUT2D eigenvalue weighted by molar-refractivity contribution is -0.0541. The van der Waals surface area contributed by atoms with Crippen molar-refractivity contribution in [3.63, 3.8) is 0 Å². The second-order valence-corrected chi connectivity index (χ2v) is 7.16. The lowest BCUT2D eigenvalue weighted by Gasteiger charge is -2.39. The van der Waals surface area contributed by atoms with E-state index in [1.807, 2.05) is 37.3 Å². The van der Waals surface area contributed by atoms with E-state index in [-0.39, 0.29) is 12.1 Å². The number of ether oxygens (including phenoxy) is 1. The summed E-state index contributed by atoms with van der Waals surface area (Å²) in [6.07, 6.45) is 2.90. The number of aliphatic hydroxyl groups is 1. The van der Waals surface area contributed by atoms with Crippen molar-refractivity contribution in [3.05, 3.63) is 41.8 Å². The van der Waals surface area contributed by atoms with Gasteiger partial charge in [0.25, 0.3) is 0 Å². The summed E-state index contributed by atoms with van der Waals surface area (Å²) < 4.78 is 11.6. The monoisotopic (exact) mass is 342 g/mol. The number of aromatic nitrogens is 1. The van der Waals surface area contributed by atoms with E-state index in [0.29, 0.717) is 18.4 Å². The SMILES string of the molecule is Cc1oc(-c2ccccc2)nc1CN1CCOCC1C1CCCC1O. The van der Waals surface area contributed by atoms with Gasteiger partial charge >= 0.3 is 0 Å². The van der Waals surface area contributed by atoms with Crippen LogP contribution in [0.1, 0.15) is 30.7 Å². The Labute approximate surface area is 148 Å². The number of hydrogen-bond acceptors (Lipinski definition) is 5. The third-order valence-electron chi connectivity index (χ3n) is 5.57. The quantitative estimate of drug-likeness (QED) is 0.925. The Morgan fingerprint density at radius 1 is 1.24 bits per heavy atom. The maximum absolute atomic E-state index is 10.3. The van der Waals surface area contributed by atoms with Crippen molar-refractivity contribution >= 4 is 0 Å². The Bertz CT molecular complexity index is 700. The van der Waals surface area contributed by atoms with Gasteiger partial charge in [0.2, 0.25) is 5.89 Å². The van der Waals surface area contributed by atoms with Gasteiger partial charge in [-0.05, 0) is 31.9 Å². The summed E-state index contributed by atoms with van der Waals surface area (Å²) in [5.41, 5.74) is 1.99. The van der Waals surface area contributed by atoms with Crippen LogP contribution in [0.15, 0.2) is 34.7 Å². The molecule has 1 N–H and O–H groups in total. The minimum atomic E-state index is -0.201. The molecule has 4 rings (SSSR count). The van der Waals surface area contributed by atoms with Crippen molar-refractivity contribution in [2.45, 2.75) is 44.9 Å². The lowest BCUT2D eigenvalue weighted by Crippen LogP contribution is -2.50. The van der Waals surface area contributed by atoms with Gasteiger partial charge in [0, 0.05) is 30.6 Å². The first-order chi connectivity index (χ1) is 12.2. The van der Waals surface area contributed by atoms with E-state index in [4.69, 9.17) is 14.1 Å². The number of hydrogen-bond donors (Lipinski definition) is 1. The first-order valence-electron chi connectivity index (χ1n) is 9.24. The molecule has 25 heavy (non-hydrogen) atoms. The number of aryl methyl sites for hydroxylation is 1. The van der Waals surface area contributed by atoms with Crippen molar-refractivity contribution < 1.29 is 14.3 Å². The van der Waals surface area contributed by atoms with Crippen LogP contribution in [0.25, 0.3) is 11.5 Å². The Kier molecular flexibility index (Phi) is 4.88. The molecule has 1 aliphatic heterocycles. The highest BCUT2D eigenvalue weighted by Gasteiger charge is 2.38. The zero-order chi connectivity index (χ0) is 17.2. The highest BCUT2D eigenvalue weighted by Crippen LogP contribution is 2.33. The van der Waals surface area contributed by atoms with Gasteiger partial charge < -0.3 is 14.3 Å². The van der Waals surface area contributed by atoms with E-state index < -0.39 is 0 Å². The van der Waals surface area contributed by atoms with Gasteiger partial charge in [-0.3, -0.25) is 4.90 Å². The highest BCUT2D eigenvalue weighted by molar-refractivity contribution is 5.53. The first kappa shape index (κ1) is 16.8. The summed E-state index contributed by atoms with van der Waals surface area (Å²) in [5.74, 6) is 1.86. The number of oxazole rings is 1. The molecule has 1 aliphatic carbocycles. The highest BCUT2D eigenvalue weighted by atomic mass is 16.5. The molecule has 1 aromatic heterocycles. The molecule has 1 aromatic carbocycles. The fourth-order valence-corrected chi connectivity index (χ4v) is 4.14. The molecule has 2 aliphatic rings. The molecule has 3 atom stereocenters. The molecule has 1 saturated heterocycles. The zero-order valence-corrected chi connectivity index (χ0v) is 14.7. The summed E-state index contributed by atoms with van der Waals surface area (Å²) in [7, 11) is 0. The Hall–Kier alpha value is -1.69. The predicted octanol–water partition coefficient (Wildman–Crippen LogP) is 3.01. The van der Waals surface area contributed by atoms with Gasteiger partial charge in [0.15, 0.2) is 0 Å². The van der Waals surface area contributed by atoms with Gasteiger partial charge in [-0.25, -0.2) is 4.98 Å². The third-order valence-corrected chi connectivity index (χ3v) is 5.57. The molecule has 5 nitrogen and oxygen atoms in total. The summed E-state index contributed by atoms with van der Waals surface area (Å²) >= 11 is 0. The molecule has 5 heteroatoms. The minimum Gasteiger partial charge on any atom is -0.441 e. The molecule has 1 saturated carbocycles. The molecule has 0 radical (unpaired) electrons. The van der Waals surface area contributed by atoms with Gasteiger partial charge in [0.05, 0.1) is 25.0 Å². The number of aliphatic hydroxyl groups excluding tert-OH is 1. The Balaban J connectivity index is 1.53. The Morgan fingerprint density at radius 2 is 2.08 bits per heavy atom. The number of morpholine rings is 1. The fraction of sp³-hybridized carbons (Fsp3) is 0.550. The maximum atomic E-state index is 10.3. The topological polar surface area (TPSA) is 58.7 Å². The molecule has 0 spiro atoms. The zero-order valence-electron chi connectivity index (χ0n) is 14.7. The van der Waals surface area contributed by atoms with Crippen molar-refractivity contribution in [3.8, 4) is 11.5 Å². The van der Waals surface area contributed by atoms with Crippen LogP contribution in [0.2, 0.25) is 0 Å². The molecule has 0 amide bonds. The number of benzene rings is 1.